The summed E-state index contributed by atoms with van der Waals surface area (Å²) in [6, 6.07) is 11.5. The van der Waals surface area contributed by atoms with Crippen molar-refractivity contribution in [3.8, 4) is 0 Å². The largest absolute Gasteiger partial charge is 0.418 e. The zero-order valence-electron chi connectivity index (χ0n) is 16.0. The zero-order chi connectivity index (χ0) is 20.3. The molecule has 1 aliphatic rings. The molecule has 0 aliphatic carbocycles. The molecule has 2 aromatic carbocycles. The summed E-state index contributed by atoms with van der Waals surface area (Å²) in [4.78, 5) is 16.4. The van der Waals surface area contributed by atoms with Gasteiger partial charge in [-0.25, -0.2) is 0 Å². The molecule has 1 aliphatic heterocycles. The van der Waals surface area contributed by atoms with Gasteiger partial charge in [0.2, 0.25) is 5.91 Å². The Morgan fingerprint density at radius 1 is 1.04 bits per heavy atom. The van der Waals surface area contributed by atoms with Crippen LogP contribution in [0.4, 0.5) is 24.5 Å². The van der Waals surface area contributed by atoms with E-state index in [1.165, 1.54) is 6.07 Å². The Morgan fingerprint density at radius 3 is 2.29 bits per heavy atom. The highest BCUT2D eigenvalue weighted by Crippen LogP contribution is 2.37. The van der Waals surface area contributed by atoms with E-state index in [4.69, 9.17) is 0 Å². The molecular formula is C21H24F3N3O. The second-order valence-corrected chi connectivity index (χ2v) is 7.23. The van der Waals surface area contributed by atoms with Crippen LogP contribution in [0.2, 0.25) is 0 Å². The number of amides is 1. The van der Waals surface area contributed by atoms with Crippen LogP contribution in [0.3, 0.4) is 0 Å². The molecular weight excluding hydrogens is 367 g/mol. The van der Waals surface area contributed by atoms with Gasteiger partial charge in [0.1, 0.15) is 0 Å². The van der Waals surface area contributed by atoms with Crippen molar-refractivity contribution in [3.05, 3.63) is 59.2 Å². The van der Waals surface area contributed by atoms with Crippen LogP contribution in [0.25, 0.3) is 0 Å². The van der Waals surface area contributed by atoms with Crippen molar-refractivity contribution in [2.45, 2.75) is 19.5 Å². The SMILES string of the molecule is Cc1ccc(CC(=O)Nc2ccc(N3CCN(C)CC3)cc2C(F)(F)F)cc1. The first-order chi connectivity index (χ1) is 13.2. The van der Waals surface area contributed by atoms with E-state index in [1.807, 2.05) is 31.0 Å². The van der Waals surface area contributed by atoms with Gasteiger partial charge in [0, 0.05) is 31.9 Å². The van der Waals surface area contributed by atoms with E-state index in [9.17, 15) is 18.0 Å². The number of anilines is 2. The van der Waals surface area contributed by atoms with Crippen LogP contribution in [0.1, 0.15) is 16.7 Å². The Labute approximate surface area is 162 Å². The molecule has 0 radical (unpaired) electrons. The highest BCUT2D eigenvalue weighted by Gasteiger charge is 2.35. The van der Waals surface area contributed by atoms with E-state index >= 15 is 0 Å². The number of aryl methyl sites for hydroxylation is 1. The molecule has 0 unspecified atom stereocenters. The van der Waals surface area contributed by atoms with Crippen LogP contribution < -0.4 is 10.2 Å². The van der Waals surface area contributed by atoms with Crippen molar-refractivity contribution >= 4 is 17.3 Å². The van der Waals surface area contributed by atoms with E-state index in [0.29, 0.717) is 18.8 Å². The summed E-state index contributed by atoms with van der Waals surface area (Å²) < 4.78 is 40.8. The van der Waals surface area contributed by atoms with Crippen LogP contribution in [0.5, 0.6) is 0 Å². The summed E-state index contributed by atoms with van der Waals surface area (Å²) in [6.07, 6.45) is -4.52. The fourth-order valence-electron chi connectivity index (χ4n) is 3.22. The Hall–Kier alpha value is -2.54. The third-order valence-corrected chi connectivity index (χ3v) is 4.94. The predicted octanol–water partition coefficient (Wildman–Crippen LogP) is 3.95. The average molecular weight is 391 g/mol. The van der Waals surface area contributed by atoms with Gasteiger partial charge in [0.25, 0.3) is 0 Å². The van der Waals surface area contributed by atoms with Crippen molar-refractivity contribution in [1.82, 2.24) is 4.90 Å². The van der Waals surface area contributed by atoms with Crippen molar-refractivity contribution < 1.29 is 18.0 Å². The molecule has 3 rings (SSSR count). The minimum Gasteiger partial charge on any atom is -0.369 e. The summed E-state index contributed by atoms with van der Waals surface area (Å²) in [6.45, 7) is 4.88. The van der Waals surface area contributed by atoms with Gasteiger partial charge in [0.15, 0.2) is 0 Å². The summed E-state index contributed by atoms with van der Waals surface area (Å²) in [5.41, 5.74) is 1.31. The van der Waals surface area contributed by atoms with Crippen molar-refractivity contribution in [1.29, 1.82) is 0 Å². The minimum absolute atomic E-state index is 0.0256. The Morgan fingerprint density at radius 2 is 1.68 bits per heavy atom. The van der Waals surface area contributed by atoms with Crippen LogP contribution >= 0.6 is 0 Å². The van der Waals surface area contributed by atoms with Gasteiger partial charge in [-0.1, -0.05) is 29.8 Å². The number of halogens is 3. The van der Waals surface area contributed by atoms with Crippen molar-refractivity contribution in [2.24, 2.45) is 0 Å². The van der Waals surface area contributed by atoms with E-state index in [-0.39, 0.29) is 12.1 Å². The lowest BCUT2D eigenvalue weighted by molar-refractivity contribution is -0.136. The van der Waals surface area contributed by atoms with Gasteiger partial charge in [-0.15, -0.1) is 0 Å². The molecule has 1 N–H and O–H groups in total. The Kier molecular flexibility index (Phi) is 5.93. The molecule has 7 heteroatoms. The van der Waals surface area contributed by atoms with E-state index in [2.05, 4.69) is 10.2 Å². The molecule has 28 heavy (non-hydrogen) atoms. The number of alkyl halides is 3. The summed E-state index contributed by atoms with van der Waals surface area (Å²) in [5.74, 6) is -0.471. The van der Waals surface area contributed by atoms with E-state index in [0.717, 1.165) is 30.3 Å². The lowest BCUT2D eigenvalue weighted by Gasteiger charge is -2.34. The monoisotopic (exact) mass is 391 g/mol. The maximum Gasteiger partial charge on any atom is 0.418 e. The first kappa shape index (κ1) is 20.2. The van der Waals surface area contributed by atoms with E-state index < -0.39 is 17.6 Å². The first-order valence-corrected chi connectivity index (χ1v) is 9.22. The molecule has 1 fully saturated rings. The summed E-state index contributed by atoms with van der Waals surface area (Å²) in [5, 5.41) is 2.43. The van der Waals surface area contributed by atoms with Crippen LogP contribution in [0.15, 0.2) is 42.5 Å². The molecule has 150 valence electrons. The fraction of sp³-hybridized carbons (Fsp3) is 0.381. The van der Waals surface area contributed by atoms with Gasteiger partial charge in [-0.05, 0) is 37.7 Å². The quantitative estimate of drug-likeness (QED) is 0.857. The number of benzene rings is 2. The summed E-state index contributed by atoms with van der Waals surface area (Å²) >= 11 is 0. The lowest BCUT2D eigenvalue weighted by Crippen LogP contribution is -2.44. The number of carbonyl (C=O) groups excluding carboxylic acids is 1. The molecule has 0 bridgehead atoms. The number of rotatable bonds is 4. The number of hydrogen-bond donors (Lipinski definition) is 1. The first-order valence-electron chi connectivity index (χ1n) is 9.22. The average Bonchev–Trinajstić information content (AvgIpc) is 2.64. The highest BCUT2D eigenvalue weighted by atomic mass is 19.4. The minimum atomic E-state index is -4.55. The molecule has 0 spiro atoms. The van der Waals surface area contributed by atoms with E-state index in [1.54, 1.807) is 18.2 Å². The number of carbonyl (C=O) groups is 1. The number of nitrogens with zero attached hydrogens (tertiary/aromatic N) is 2. The van der Waals surface area contributed by atoms with Crippen LogP contribution in [-0.2, 0) is 17.4 Å². The number of likely N-dealkylation sites (N-methyl/N-ethyl adjacent to an activating group) is 1. The molecule has 1 heterocycles. The van der Waals surface area contributed by atoms with Gasteiger partial charge >= 0.3 is 6.18 Å². The zero-order valence-corrected chi connectivity index (χ0v) is 16.0. The van der Waals surface area contributed by atoms with Gasteiger partial charge in [-0.2, -0.15) is 13.2 Å². The van der Waals surface area contributed by atoms with Crippen LogP contribution in [-0.4, -0.2) is 44.0 Å². The maximum atomic E-state index is 13.6. The predicted molar refractivity (Wildman–Crippen MR) is 105 cm³/mol. The van der Waals surface area contributed by atoms with Gasteiger partial charge < -0.3 is 15.1 Å². The second kappa shape index (κ2) is 8.22. The molecule has 2 aromatic rings. The normalized spacial score (nSPS) is 15.5. The van der Waals surface area contributed by atoms with Crippen molar-refractivity contribution in [3.63, 3.8) is 0 Å². The lowest BCUT2D eigenvalue weighted by atomic mass is 10.1. The van der Waals surface area contributed by atoms with Gasteiger partial charge in [0.05, 0.1) is 17.7 Å². The fourth-order valence-corrected chi connectivity index (χ4v) is 3.22. The molecule has 0 aromatic heterocycles. The highest BCUT2D eigenvalue weighted by molar-refractivity contribution is 5.93. The standard InChI is InChI=1S/C21H24F3N3O/c1-15-3-5-16(6-4-15)13-20(28)25-19-8-7-17(14-18(19)21(22,23)24)27-11-9-26(2)10-12-27/h3-8,14H,9-13H2,1-2H3,(H,25,28). The molecule has 4 nitrogen and oxygen atoms in total. The number of hydrogen-bond acceptors (Lipinski definition) is 3. The Balaban J connectivity index is 1.78. The number of nitrogens with one attached hydrogen (secondary N) is 1. The molecule has 1 amide bonds. The third-order valence-electron chi connectivity index (χ3n) is 4.94. The topological polar surface area (TPSA) is 35.6 Å². The van der Waals surface area contributed by atoms with Gasteiger partial charge in [-0.3, -0.25) is 4.79 Å². The third kappa shape index (κ3) is 5.04. The molecule has 1 saturated heterocycles. The Bertz CT molecular complexity index is 826. The number of piperazine rings is 1. The molecule has 0 atom stereocenters. The van der Waals surface area contributed by atoms with Crippen LogP contribution in [0, 0.1) is 6.92 Å². The second-order valence-electron chi connectivity index (χ2n) is 7.23. The summed E-state index contributed by atoms with van der Waals surface area (Å²) in [7, 11) is 1.99. The van der Waals surface area contributed by atoms with Crippen molar-refractivity contribution in [2.75, 3.05) is 43.4 Å². The smallest absolute Gasteiger partial charge is 0.369 e. The molecule has 0 saturated carbocycles. The maximum absolute atomic E-state index is 13.6.